The van der Waals surface area contributed by atoms with Gasteiger partial charge in [-0.15, -0.1) is 0 Å². The minimum atomic E-state index is -0.0966. The van der Waals surface area contributed by atoms with Gasteiger partial charge in [0, 0.05) is 0 Å². The van der Waals surface area contributed by atoms with Crippen molar-refractivity contribution in [3.05, 3.63) is 0 Å². The molecule has 0 nitrogen and oxygen atoms in total. The predicted octanol–water partition coefficient (Wildman–Crippen LogP) is 24.6. The summed E-state index contributed by atoms with van der Waals surface area (Å²) < 4.78 is 0. The molecule has 0 spiro atoms. The zero-order valence-electron chi connectivity index (χ0n) is 59.5. The van der Waals surface area contributed by atoms with Crippen LogP contribution in [-0.4, -0.2) is 0 Å². The van der Waals surface area contributed by atoms with E-state index >= 15 is 0 Å². The molecule has 0 atom stereocenters. The lowest BCUT2D eigenvalue weighted by Crippen LogP contribution is -2.69. The first-order chi connectivity index (χ1) is 29.5. The third kappa shape index (κ3) is 8.26. The summed E-state index contributed by atoms with van der Waals surface area (Å²) in [6.45, 7) is 125. The van der Waals surface area contributed by atoms with Crippen molar-refractivity contribution in [3.63, 3.8) is 0 Å². The van der Waals surface area contributed by atoms with Gasteiger partial charge >= 0.3 is 0 Å². The Morgan fingerprint density at radius 3 is 0.155 bits per heavy atom. The molecular formula is C71H144. The molecule has 0 saturated carbocycles. The Morgan fingerprint density at radius 2 is 0.113 bits per heavy atom. The predicted molar refractivity (Wildman–Crippen MR) is 328 cm³/mol. The van der Waals surface area contributed by atoms with E-state index in [1.54, 1.807) is 0 Å². The number of hydrogen-bond donors (Lipinski definition) is 0. The van der Waals surface area contributed by atoms with E-state index in [-0.39, 0.29) is 125 Å². The maximum Gasteiger partial charge on any atom is -0.0241 e. The molecule has 0 saturated heterocycles. The van der Waals surface area contributed by atoms with Crippen molar-refractivity contribution in [1.29, 1.82) is 0 Å². The quantitative estimate of drug-likeness (QED) is 0.114. The van der Waals surface area contributed by atoms with E-state index in [1.807, 2.05) is 0 Å². The topological polar surface area (TPSA) is 0 Å². The lowest BCUT2D eigenvalue weighted by Gasteiger charge is -2.75. The van der Waals surface area contributed by atoms with Crippen molar-refractivity contribution < 1.29 is 0 Å². The fourth-order valence-corrected chi connectivity index (χ4v) is 16.7. The summed E-state index contributed by atoms with van der Waals surface area (Å²) in [4.78, 5) is 0. The average Bonchev–Trinajstić information content (AvgIpc) is 3.11. The van der Waals surface area contributed by atoms with Gasteiger partial charge in [-0.2, -0.15) is 0 Å². The zero-order chi connectivity index (χ0) is 59.5. The lowest BCUT2D eigenvalue weighted by molar-refractivity contribution is -0.270. The molecule has 0 N–H and O–H groups in total. The summed E-state index contributed by atoms with van der Waals surface area (Å²) in [6, 6.07) is 0. The fourth-order valence-electron chi connectivity index (χ4n) is 16.7. The molecule has 0 amide bonds. The third-order valence-electron chi connectivity index (χ3n) is 35.0. The van der Waals surface area contributed by atoms with Gasteiger partial charge in [0.2, 0.25) is 0 Å². The second-order valence-corrected chi connectivity index (χ2v) is 38.6. The van der Waals surface area contributed by atoms with E-state index in [2.05, 4.69) is 332 Å². The molecule has 0 bridgehead atoms. The highest BCUT2D eigenvalue weighted by Gasteiger charge is 2.73. The van der Waals surface area contributed by atoms with Crippen LogP contribution in [0.5, 0.6) is 0 Å². The Kier molecular flexibility index (Phi) is 17.5. The Morgan fingerprint density at radius 1 is 0.0704 bits per heavy atom. The van der Waals surface area contributed by atoms with Gasteiger partial charge in [0.15, 0.2) is 0 Å². The highest BCUT2D eigenvalue weighted by atomic mass is 14.8. The second kappa shape index (κ2) is 17.5. The molecule has 0 aromatic heterocycles. The molecule has 71 heavy (non-hydrogen) atoms. The van der Waals surface area contributed by atoms with Crippen LogP contribution in [0, 0.1) is 125 Å². The van der Waals surface area contributed by atoms with Crippen LogP contribution in [-0.2, 0) is 0 Å². The van der Waals surface area contributed by atoms with Crippen LogP contribution in [0.15, 0.2) is 0 Å². The number of hydrogen-bond acceptors (Lipinski definition) is 0. The summed E-state index contributed by atoms with van der Waals surface area (Å²) in [5.41, 5.74) is -0.513. The minimum Gasteiger partial charge on any atom is -0.0596 e. The summed E-state index contributed by atoms with van der Waals surface area (Å²) in [6.07, 6.45) is 0. The van der Waals surface area contributed by atoms with Gasteiger partial charge in [0.05, 0.1) is 0 Å². The number of rotatable bonds is 20. The largest absolute Gasteiger partial charge is 0.0596 e. The maximum absolute atomic E-state index is 2.67. The van der Waals surface area contributed by atoms with Crippen molar-refractivity contribution in [2.45, 2.75) is 332 Å². The fraction of sp³-hybridized carbons (Fsp3) is 1.00. The Bertz CT molecular complexity index is 1720. The molecule has 0 aliphatic heterocycles. The van der Waals surface area contributed by atoms with E-state index in [1.165, 1.54) is 0 Å². The highest BCUT2D eigenvalue weighted by Crippen LogP contribution is 2.80. The van der Waals surface area contributed by atoms with Crippen molar-refractivity contribution in [2.24, 2.45) is 125 Å². The summed E-state index contributed by atoms with van der Waals surface area (Å²) >= 11 is 0. The summed E-state index contributed by atoms with van der Waals surface area (Å²) in [7, 11) is 0. The van der Waals surface area contributed by atoms with E-state index in [4.69, 9.17) is 0 Å². The molecule has 0 aromatic carbocycles. The Labute approximate surface area is 454 Å². The monoisotopic (exact) mass is 997 g/mol. The van der Waals surface area contributed by atoms with Crippen LogP contribution in [0.25, 0.3) is 0 Å². The van der Waals surface area contributed by atoms with Crippen molar-refractivity contribution in [3.8, 4) is 0 Å². The molecule has 0 aromatic rings. The lowest BCUT2D eigenvalue weighted by atomic mass is 9.29. The van der Waals surface area contributed by atoms with E-state index in [9.17, 15) is 0 Å². The van der Waals surface area contributed by atoms with Gasteiger partial charge < -0.3 is 0 Å². The Balaban J connectivity index is 8.13. The molecule has 0 aliphatic rings. The first kappa shape index (κ1) is 71.0. The molecule has 428 valence electrons. The minimum absolute atomic E-state index is 0.000236. The van der Waals surface area contributed by atoms with Gasteiger partial charge in [-0.25, -0.2) is 0 Å². The van der Waals surface area contributed by atoms with Crippen molar-refractivity contribution in [1.82, 2.24) is 0 Å². The highest BCUT2D eigenvalue weighted by molar-refractivity contribution is 5.22. The summed E-state index contributed by atoms with van der Waals surface area (Å²) in [5.74, 6) is 0. The van der Waals surface area contributed by atoms with E-state index in [0.29, 0.717) is 0 Å². The molecule has 0 fully saturated rings. The van der Waals surface area contributed by atoms with Crippen LogP contribution >= 0.6 is 0 Å². The SMILES string of the molecule is CC(C)(C)C(C)(C)C(C)(C)C(C)(C)C(C)(C)C(C)(C)C(C)(C)C(C)(C)C(C)(C)C(C)(C)C(C)(C)C(C)(C)C(C)(C)C(C)(C)C(C)(C)C(C)(C)C(C)(C)C(C)(C)C(C)(C)C(C)(C)C(C)(C)C(C)(C)C(C)(C)C. The first-order valence-corrected chi connectivity index (χ1v) is 29.5. The van der Waals surface area contributed by atoms with Crippen LogP contribution < -0.4 is 0 Å². The van der Waals surface area contributed by atoms with E-state index in [0.717, 1.165) is 0 Å². The van der Waals surface area contributed by atoms with Gasteiger partial charge in [-0.1, -0.05) is 332 Å². The molecule has 0 unspecified atom stereocenters. The molecule has 0 radical (unpaired) electrons. The molecular weight excluding hydrogens is 853 g/mol. The molecule has 0 heterocycles. The average molecular weight is 998 g/mol. The van der Waals surface area contributed by atoms with Crippen LogP contribution in [0.1, 0.15) is 332 Å². The van der Waals surface area contributed by atoms with Gasteiger partial charge in [0.1, 0.15) is 0 Å². The van der Waals surface area contributed by atoms with Crippen molar-refractivity contribution in [2.75, 3.05) is 0 Å². The van der Waals surface area contributed by atoms with Crippen LogP contribution in [0.4, 0.5) is 0 Å². The zero-order valence-corrected chi connectivity index (χ0v) is 59.5. The Hall–Kier alpha value is 0. The van der Waals surface area contributed by atoms with Gasteiger partial charge in [-0.05, 0) is 125 Å². The van der Waals surface area contributed by atoms with Crippen LogP contribution in [0.3, 0.4) is 0 Å². The van der Waals surface area contributed by atoms with Crippen molar-refractivity contribution >= 4 is 0 Å². The van der Waals surface area contributed by atoms with E-state index < -0.39 is 0 Å². The molecule has 0 heteroatoms. The molecule has 0 aliphatic carbocycles. The maximum atomic E-state index is 2.67. The third-order valence-corrected chi connectivity index (χ3v) is 35.0. The van der Waals surface area contributed by atoms with Gasteiger partial charge in [0.25, 0.3) is 0 Å². The normalized spacial score (nSPS) is 17.6. The smallest absolute Gasteiger partial charge is 0.0241 e. The molecule has 0 rings (SSSR count). The first-order valence-electron chi connectivity index (χ1n) is 29.5. The standard InChI is InChI=1S/C71H144/c1-49(2,3)51(7,8)53(11,12)55(15,16)57(19,20)59(23,24)61(27,28)63(31,32)65(35,36)67(39,40)69(43,44)71(47,48)70(45,46)68(41,42)66(37,38)64(33,34)62(29,30)60(25,26)58(21,22)56(17,18)54(13,14)52(9,10)50(4,5)6/h1-48H3. The second-order valence-electron chi connectivity index (χ2n) is 38.6. The summed E-state index contributed by atoms with van der Waals surface area (Å²) in [5, 5.41) is 0. The van der Waals surface area contributed by atoms with Gasteiger partial charge in [-0.3, -0.25) is 0 Å². The van der Waals surface area contributed by atoms with Crippen LogP contribution in [0.2, 0.25) is 0 Å².